The fourth-order valence-electron chi connectivity index (χ4n) is 1.69. The summed E-state index contributed by atoms with van der Waals surface area (Å²) in [6, 6.07) is 1.76. The van der Waals surface area contributed by atoms with E-state index >= 15 is 0 Å². The first-order valence-electron chi connectivity index (χ1n) is 5.35. The maximum absolute atomic E-state index is 11.8. The third-order valence-electron chi connectivity index (χ3n) is 2.71. The Hall–Kier alpha value is -1.56. The highest BCUT2D eigenvalue weighted by Gasteiger charge is 2.18. The number of anilines is 1. The van der Waals surface area contributed by atoms with Gasteiger partial charge in [0.25, 0.3) is 5.91 Å². The van der Waals surface area contributed by atoms with Gasteiger partial charge < -0.3 is 15.8 Å². The number of carbonyl (C=O) groups excluding carboxylic acids is 1. The SMILES string of the molecule is Cn1nc(C(=O)NC2CCOCC2)cc1N. The van der Waals surface area contributed by atoms with E-state index in [0.717, 1.165) is 12.8 Å². The Bertz CT molecular complexity index is 363. The molecule has 1 fully saturated rings. The van der Waals surface area contributed by atoms with E-state index in [1.54, 1.807) is 13.1 Å². The molecule has 1 amide bonds. The van der Waals surface area contributed by atoms with Crippen LogP contribution in [0.25, 0.3) is 0 Å². The highest BCUT2D eigenvalue weighted by Crippen LogP contribution is 2.09. The number of aromatic nitrogens is 2. The van der Waals surface area contributed by atoms with Gasteiger partial charge in [-0.25, -0.2) is 0 Å². The van der Waals surface area contributed by atoms with Crippen LogP contribution < -0.4 is 11.1 Å². The summed E-state index contributed by atoms with van der Waals surface area (Å²) in [5, 5.41) is 6.95. The molecule has 0 radical (unpaired) electrons. The molecule has 16 heavy (non-hydrogen) atoms. The predicted molar refractivity (Wildman–Crippen MR) is 58.9 cm³/mol. The third kappa shape index (κ3) is 2.33. The highest BCUT2D eigenvalue weighted by molar-refractivity contribution is 5.93. The number of amides is 1. The van der Waals surface area contributed by atoms with E-state index in [1.165, 1.54) is 4.68 Å². The second-order valence-corrected chi connectivity index (χ2v) is 3.94. The van der Waals surface area contributed by atoms with Crippen molar-refractivity contribution in [1.82, 2.24) is 15.1 Å². The number of rotatable bonds is 2. The van der Waals surface area contributed by atoms with Crippen LogP contribution in [0.15, 0.2) is 6.07 Å². The molecular formula is C10H16N4O2. The van der Waals surface area contributed by atoms with E-state index in [-0.39, 0.29) is 11.9 Å². The van der Waals surface area contributed by atoms with Crippen molar-refractivity contribution < 1.29 is 9.53 Å². The topological polar surface area (TPSA) is 82.2 Å². The van der Waals surface area contributed by atoms with Crippen LogP contribution in [-0.4, -0.2) is 34.9 Å². The van der Waals surface area contributed by atoms with E-state index in [9.17, 15) is 4.79 Å². The summed E-state index contributed by atoms with van der Waals surface area (Å²) in [7, 11) is 1.71. The predicted octanol–water partition coefficient (Wildman–Crippen LogP) is -0.0889. The average molecular weight is 224 g/mol. The lowest BCUT2D eigenvalue weighted by molar-refractivity contribution is 0.0694. The summed E-state index contributed by atoms with van der Waals surface area (Å²) in [5.41, 5.74) is 5.98. The molecule has 1 aliphatic heterocycles. The number of nitrogens with two attached hydrogens (primary N) is 1. The maximum atomic E-state index is 11.8. The Balaban J connectivity index is 1.96. The fourth-order valence-corrected chi connectivity index (χ4v) is 1.69. The van der Waals surface area contributed by atoms with E-state index < -0.39 is 0 Å². The molecule has 0 unspecified atom stereocenters. The Kier molecular flexibility index (Phi) is 3.09. The number of carbonyl (C=O) groups is 1. The molecule has 3 N–H and O–H groups in total. The molecule has 0 aromatic carbocycles. The first-order chi connectivity index (χ1) is 7.66. The van der Waals surface area contributed by atoms with Crippen LogP contribution in [0, 0.1) is 0 Å². The van der Waals surface area contributed by atoms with Crippen molar-refractivity contribution in [2.45, 2.75) is 18.9 Å². The van der Waals surface area contributed by atoms with E-state index in [0.29, 0.717) is 24.7 Å². The van der Waals surface area contributed by atoms with Gasteiger partial charge in [-0.1, -0.05) is 0 Å². The summed E-state index contributed by atoms with van der Waals surface area (Å²) in [6.07, 6.45) is 1.71. The van der Waals surface area contributed by atoms with Gasteiger partial charge in [-0.2, -0.15) is 5.10 Å². The van der Waals surface area contributed by atoms with Crippen molar-refractivity contribution in [3.05, 3.63) is 11.8 Å². The van der Waals surface area contributed by atoms with Gasteiger partial charge in [-0.05, 0) is 12.8 Å². The number of aryl methyl sites for hydroxylation is 1. The number of hydrogen-bond donors (Lipinski definition) is 2. The van der Waals surface area contributed by atoms with Crippen LogP contribution in [0.5, 0.6) is 0 Å². The first-order valence-corrected chi connectivity index (χ1v) is 5.35. The molecule has 1 aliphatic rings. The second-order valence-electron chi connectivity index (χ2n) is 3.94. The van der Waals surface area contributed by atoms with Gasteiger partial charge >= 0.3 is 0 Å². The van der Waals surface area contributed by atoms with Crippen LogP contribution >= 0.6 is 0 Å². The number of nitrogen functional groups attached to an aromatic ring is 1. The standard InChI is InChI=1S/C10H16N4O2/c1-14-9(11)6-8(13-14)10(15)12-7-2-4-16-5-3-7/h6-7H,2-5,11H2,1H3,(H,12,15). The van der Waals surface area contributed by atoms with Crippen LogP contribution in [0.4, 0.5) is 5.82 Å². The number of nitrogens with zero attached hydrogens (tertiary/aromatic N) is 2. The molecule has 6 nitrogen and oxygen atoms in total. The van der Waals surface area contributed by atoms with Crippen molar-refractivity contribution in [2.75, 3.05) is 18.9 Å². The molecule has 0 aliphatic carbocycles. The van der Waals surface area contributed by atoms with Crippen LogP contribution in [0.3, 0.4) is 0 Å². The smallest absolute Gasteiger partial charge is 0.272 e. The molecule has 2 rings (SSSR count). The lowest BCUT2D eigenvalue weighted by atomic mass is 10.1. The van der Waals surface area contributed by atoms with Gasteiger partial charge in [0, 0.05) is 32.4 Å². The molecule has 88 valence electrons. The minimum atomic E-state index is -0.167. The quantitative estimate of drug-likeness (QED) is 0.735. The van der Waals surface area contributed by atoms with Crippen LogP contribution in [-0.2, 0) is 11.8 Å². The number of nitrogens with one attached hydrogen (secondary N) is 1. The third-order valence-corrected chi connectivity index (χ3v) is 2.71. The van der Waals surface area contributed by atoms with Crippen molar-refractivity contribution in [2.24, 2.45) is 7.05 Å². The van der Waals surface area contributed by atoms with Gasteiger partial charge in [0.05, 0.1) is 0 Å². The molecule has 0 atom stereocenters. The maximum Gasteiger partial charge on any atom is 0.272 e. The molecule has 2 heterocycles. The monoisotopic (exact) mass is 224 g/mol. The number of ether oxygens (including phenoxy) is 1. The van der Waals surface area contributed by atoms with Crippen LogP contribution in [0.2, 0.25) is 0 Å². The van der Waals surface area contributed by atoms with Crippen molar-refractivity contribution >= 4 is 11.7 Å². The zero-order valence-corrected chi connectivity index (χ0v) is 9.27. The molecule has 0 bridgehead atoms. The van der Waals surface area contributed by atoms with Crippen molar-refractivity contribution in [1.29, 1.82) is 0 Å². The van der Waals surface area contributed by atoms with E-state index in [4.69, 9.17) is 10.5 Å². The molecule has 1 saturated heterocycles. The zero-order valence-electron chi connectivity index (χ0n) is 9.27. The molecule has 0 spiro atoms. The molecular weight excluding hydrogens is 208 g/mol. The summed E-state index contributed by atoms with van der Waals surface area (Å²) in [6.45, 7) is 1.41. The Morgan fingerprint density at radius 3 is 2.88 bits per heavy atom. The summed E-state index contributed by atoms with van der Waals surface area (Å²) in [4.78, 5) is 11.8. The van der Waals surface area contributed by atoms with Crippen molar-refractivity contribution in [3.63, 3.8) is 0 Å². The normalized spacial score (nSPS) is 17.3. The Labute approximate surface area is 93.8 Å². The average Bonchev–Trinajstić information content (AvgIpc) is 2.61. The van der Waals surface area contributed by atoms with Crippen LogP contribution in [0.1, 0.15) is 23.3 Å². The van der Waals surface area contributed by atoms with Gasteiger partial charge in [-0.15, -0.1) is 0 Å². The van der Waals surface area contributed by atoms with Gasteiger partial charge in [-0.3, -0.25) is 9.48 Å². The Morgan fingerprint density at radius 2 is 2.31 bits per heavy atom. The lowest BCUT2D eigenvalue weighted by Gasteiger charge is -2.22. The van der Waals surface area contributed by atoms with Crippen molar-refractivity contribution in [3.8, 4) is 0 Å². The fraction of sp³-hybridized carbons (Fsp3) is 0.600. The van der Waals surface area contributed by atoms with Gasteiger partial charge in [0.2, 0.25) is 0 Å². The number of hydrogen-bond acceptors (Lipinski definition) is 4. The van der Waals surface area contributed by atoms with Gasteiger partial charge in [0.15, 0.2) is 5.69 Å². The largest absolute Gasteiger partial charge is 0.384 e. The Morgan fingerprint density at radius 1 is 1.62 bits per heavy atom. The zero-order chi connectivity index (χ0) is 11.5. The van der Waals surface area contributed by atoms with E-state index in [2.05, 4.69) is 10.4 Å². The van der Waals surface area contributed by atoms with Gasteiger partial charge in [0.1, 0.15) is 5.82 Å². The molecule has 0 saturated carbocycles. The summed E-state index contributed by atoms with van der Waals surface area (Å²) < 4.78 is 6.70. The first kappa shape index (κ1) is 10.9. The summed E-state index contributed by atoms with van der Waals surface area (Å²) >= 11 is 0. The minimum Gasteiger partial charge on any atom is -0.384 e. The second kappa shape index (κ2) is 4.52. The van der Waals surface area contributed by atoms with E-state index in [1.807, 2.05) is 0 Å². The lowest BCUT2D eigenvalue weighted by Crippen LogP contribution is -2.39. The minimum absolute atomic E-state index is 0.167. The summed E-state index contributed by atoms with van der Waals surface area (Å²) in [5.74, 6) is 0.316. The molecule has 1 aromatic rings. The molecule has 6 heteroatoms. The molecule has 1 aromatic heterocycles. The highest BCUT2D eigenvalue weighted by atomic mass is 16.5.